The topological polar surface area (TPSA) is 17.1 Å². The van der Waals surface area contributed by atoms with E-state index in [1.807, 2.05) is 30.3 Å². The first-order valence-corrected chi connectivity index (χ1v) is 6.03. The Hall–Kier alpha value is -1.08. The molecule has 1 aromatic rings. The lowest BCUT2D eigenvalue weighted by Crippen LogP contribution is -2.18. The minimum atomic E-state index is -0.128. The molecule has 1 aliphatic carbocycles. The quantitative estimate of drug-likeness (QED) is 0.564. The van der Waals surface area contributed by atoms with E-state index in [-0.39, 0.29) is 5.38 Å². The molecule has 2 unspecified atom stereocenters. The number of aldehydes is 1. The van der Waals surface area contributed by atoms with E-state index in [4.69, 9.17) is 11.6 Å². The maximum absolute atomic E-state index is 11.1. The minimum Gasteiger partial charge on any atom is -0.298 e. The summed E-state index contributed by atoms with van der Waals surface area (Å²) in [6.07, 6.45) is 2.76. The van der Waals surface area contributed by atoms with Gasteiger partial charge >= 0.3 is 0 Å². The van der Waals surface area contributed by atoms with Gasteiger partial charge in [-0.2, -0.15) is 0 Å². The number of carbonyl (C=O) groups excluding carboxylic acids is 1. The van der Waals surface area contributed by atoms with Crippen LogP contribution in [0.15, 0.2) is 35.9 Å². The summed E-state index contributed by atoms with van der Waals surface area (Å²) in [6, 6.07) is 10.1. The van der Waals surface area contributed by atoms with E-state index in [1.165, 1.54) is 0 Å². The van der Waals surface area contributed by atoms with Crippen molar-refractivity contribution in [3.63, 3.8) is 0 Å². The predicted octanol–water partition coefficient (Wildman–Crippen LogP) is 3.68. The second-order valence-electron chi connectivity index (χ2n) is 4.43. The molecule has 1 aromatic carbocycles. The molecule has 0 bridgehead atoms. The van der Waals surface area contributed by atoms with E-state index in [0.29, 0.717) is 5.92 Å². The van der Waals surface area contributed by atoms with Crippen molar-refractivity contribution in [1.82, 2.24) is 0 Å². The van der Waals surface area contributed by atoms with Crippen LogP contribution in [0.5, 0.6) is 0 Å². The number of benzene rings is 1. The molecule has 84 valence electrons. The third-order valence-electron chi connectivity index (χ3n) is 3.10. The largest absolute Gasteiger partial charge is 0.298 e. The summed E-state index contributed by atoms with van der Waals surface area (Å²) in [6.45, 7) is 2.18. The molecule has 0 saturated carbocycles. The maximum atomic E-state index is 11.1. The van der Waals surface area contributed by atoms with Crippen LogP contribution in [0.25, 0.3) is 5.57 Å². The average Bonchev–Trinajstić information content (AvgIpc) is 2.29. The lowest BCUT2D eigenvalue weighted by Gasteiger charge is -2.26. The zero-order chi connectivity index (χ0) is 11.5. The van der Waals surface area contributed by atoms with E-state index in [0.717, 1.165) is 35.8 Å². The van der Waals surface area contributed by atoms with Gasteiger partial charge in [0.15, 0.2) is 0 Å². The fraction of sp³-hybridized carbons (Fsp3) is 0.357. The minimum absolute atomic E-state index is 0.128. The van der Waals surface area contributed by atoms with Crippen LogP contribution in [-0.2, 0) is 4.79 Å². The van der Waals surface area contributed by atoms with Gasteiger partial charge in [-0.1, -0.05) is 37.3 Å². The molecule has 2 atom stereocenters. The van der Waals surface area contributed by atoms with E-state index in [1.54, 1.807) is 0 Å². The first-order chi connectivity index (χ1) is 7.72. The first-order valence-electron chi connectivity index (χ1n) is 5.60. The Balaban J connectivity index is 2.46. The number of hydrogen-bond acceptors (Lipinski definition) is 1. The van der Waals surface area contributed by atoms with Gasteiger partial charge in [-0.25, -0.2) is 0 Å². The Bertz CT molecular complexity index is 408. The van der Waals surface area contributed by atoms with Crippen molar-refractivity contribution in [2.24, 2.45) is 5.92 Å². The molecule has 0 aromatic heterocycles. The number of alkyl halides is 1. The molecular weight excluding hydrogens is 220 g/mol. The van der Waals surface area contributed by atoms with Crippen LogP contribution < -0.4 is 0 Å². The second kappa shape index (κ2) is 4.84. The van der Waals surface area contributed by atoms with Crippen molar-refractivity contribution < 1.29 is 4.79 Å². The van der Waals surface area contributed by atoms with Gasteiger partial charge in [0.1, 0.15) is 6.29 Å². The molecule has 0 amide bonds. The summed E-state index contributed by atoms with van der Waals surface area (Å²) in [5, 5.41) is -0.128. The van der Waals surface area contributed by atoms with Gasteiger partial charge in [0, 0.05) is 5.57 Å². The van der Waals surface area contributed by atoms with Crippen LogP contribution in [0.3, 0.4) is 0 Å². The van der Waals surface area contributed by atoms with Gasteiger partial charge in [-0.05, 0) is 29.9 Å². The Morgan fingerprint density at radius 1 is 1.31 bits per heavy atom. The standard InChI is InChI=1S/C14H15ClO/c1-10-7-12(11-5-3-2-4-6-11)13(9-16)14(15)8-10/h2-6,9-10,14H,7-8H2,1H3. The van der Waals surface area contributed by atoms with Crippen molar-refractivity contribution in [2.45, 2.75) is 25.1 Å². The Labute approximate surface area is 101 Å². The summed E-state index contributed by atoms with van der Waals surface area (Å²) < 4.78 is 0. The Morgan fingerprint density at radius 2 is 2.00 bits per heavy atom. The van der Waals surface area contributed by atoms with Gasteiger partial charge in [0.2, 0.25) is 0 Å². The van der Waals surface area contributed by atoms with E-state index < -0.39 is 0 Å². The summed E-state index contributed by atoms with van der Waals surface area (Å²) in [5.74, 6) is 0.543. The predicted molar refractivity (Wildman–Crippen MR) is 67.5 cm³/mol. The van der Waals surface area contributed by atoms with Crippen molar-refractivity contribution in [2.75, 3.05) is 0 Å². The van der Waals surface area contributed by atoms with Crippen LogP contribution in [0.1, 0.15) is 25.3 Å². The first kappa shape index (κ1) is 11.4. The average molecular weight is 235 g/mol. The number of hydrogen-bond donors (Lipinski definition) is 0. The third kappa shape index (κ3) is 2.19. The SMILES string of the molecule is CC1CC(c2ccccc2)=C(C=O)C(Cl)C1. The molecule has 0 heterocycles. The lowest BCUT2D eigenvalue weighted by atomic mass is 9.82. The Morgan fingerprint density at radius 3 is 2.62 bits per heavy atom. The molecule has 2 rings (SSSR count). The summed E-state index contributed by atoms with van der Waals surface area (Å²) in [4.78, 5) is 11.1. The maximum Gasteiger partial charge on any atom is 0.147 e. The van der Waals surface area contributed by atoms with Crippen molar-refractivity contribution >= 4 is 23.5 Å². The molecule has 0 N–H and O–H groups in total. The molecular formula is C14H15ClO. The zero-order valence-corrected chi connectivity index (χ0v) is 10.1. The second-order valence-corrected chi connectivity index (χ2v) is 4.96. The van der Waals surface area contributed by atoms with Crippen molar-refractivity contribution in [3.8, 4) is 0 Å². The summed E-state index contributed by atoms with van der Waals surface area (Å²) in [5.41, 5.74) is 3.02. The summed E-state index contributed by atoms with van der Waals surface area (Å²) in [7, 11) is 0. The van der Waals surface area contributed by atoms with Crippen LogP contribution in [-0.4, -0.2) is 11.7 Å². The van der Waals surface area contributed by atoms with E-state index in [2.05, 4.69) is 6.92 Å². The van der Waals surface area contributed by atoms with E-state index in [9.17, 15) is 4.79 Å². The van der Waals surface area contributed by atoms with Crippen molar-refractivity contribution in [3.05, 3.63) is 41.5 Å². The molecule has 16 heavy (non-hydrogen) atoms. The van der Waals surface area contributed by atoms with Gasteiger partial charge in [0.05, 0.1) is 5.38 Å². The third-order valence-corrected chi connectivity index (χ3v) is 3.51. The fourth-order valence-corrected chi connectivity index (χ4v) is 2.78. The van der Waals surface area contributed by atoms with Crippen LogP contribution >= 0.6 is 11.6 Å². The highest BCUT2D eigenvalue weighted by Crippen LogP contribution is 2.37. The number of allylic oxidation sites excluding steroid dienone is 2. The van der Waals surface area contributed by atoms with Gasteiger partial charge in [-0.15, -0.1) is 11.6 Å². The number of rotatable bonds is 2. The monoisotopic (exact) mass is 234 g/mol. The Kier molecular flexibility index (Phi) is 3.45. The highest BCUT2D eigenvalue weighted by molar-refractivity contribution is 6.25. The molecule has 0 aliphatic heterocycles. The normalized spacial score (nSPS) is 25.6. The van der Waals surface area contributed by atoms with Crippen LogP contribution in [0.2, 0.25) is 0 Å². The molecule has 0 radical (unpaired) electrons. The van der Waals surface area contributed by atoms with Crippen molar-refractivity contribution in [1.29, 1.82) is 0 Å². The van der Waals surface area contributed by atoms with Gasteiger partial charge < -0.3 is 0 Å². The molecule has 0 saturated heterocycles. The summed E-state index contributed by atoms with van der Waals surface area (Å²) >= 11 is 6.23. The molecule has 2 heteroatoms. The molecule has 1 nitrogen and oxygen atoms in total. The molecule has 0 fully saturated rings. The highest BCUT2D eigenvalue weighted by atomic mass is 35.5. The molecule has 0 spiro atoms. The van der Waals surface area contributed by atoms with Gasteiger partial charge in [0.25, 0.3) is 0 Å². The van der Waals surface area contributed by atoms with Gasteiger partial charge in [-0.3, -0.25) is 4.79 Å². The lowest BCUT2D eigenvalue weighted by molar-refractivity contribution is -0.105. The fourth-order valence-electron chi connectivity index (χ4n) is 2.29. The molecule has 1 aliphatic rings. The zero-order valence-electron chi connectivity index (χ0n) is 9.32. The number of halogens is 1. The highest BCUT2D eigenvalue weighted by Gasteiger charge is 2.25. The van der Waals surface area contributed by atoms with Crippen LogP contribution in [0, 0.1) is 5.92 Å². The smallest absolute Gasteiger partial charge is 0.147 e. The number of carbonyl (C=O) groups is 1. The van der Waals surface area contributed by atoms with Crippen LogP contribution in [0.4, 0.5) is 0 Å². The van der Waals surface area contributed by atoms with E-state index >= 15 is 0 Å².